The van der Waals surface area contributed by atoms with Crippen LogP contribution in [0.1, 0.15) is 274 Å². The van der Waals surface area contributed by atoms with Gasteiger partial charge in [0.15, 0.2) is 67.9 Å². The van der Waals surface area contributed by atoms with Crippen molar-refractivity contribution in [3.8, 4) is 0 Å². The number of aromatic amines is 2. The topological polar surface area (TPSA) is 799 Å². The second-order valence-electron chi connectivity index (χ2n) is 28.2. The Morgan fingerprint density at radius 2 is 0.985 bits per heavy atom. The molecule has 4 saturated carbocycles. The number of furan rings is 1. The summed E-state index contributed by atoms with van der Waals surface area (Å²) in [5, 5.41) is 159. The molecular weight excluding hydrogens is 1790 g/mol. The molecule has 4 bridgehead atoms. The van der Waals surface area contributed by atoms with Crippen molar-refractivity contribution in [2.75, 3.05) is 0 Å². The minimum atomic E-state index is -1.59. The first-order chi connectivity index (χ1) is 61.5. The van der Waals surface area contributed by atoms with Crippen molar-refractivity contribution < 1.29 is 171 Å². The predicted octanol–water partition coefficient (Wildman–Crippen LogP) is -3.80. The molecule has 6 aromatic heterocycles. The van der Waals surface area contributed by atoms with Crippen LogP contribution in [-0.4, -0.2) is 174 Å². The predicted molar refractivity (Wildman–Crippen MR) is 425 cm³/mol. The van der Waals surface area contributed by atoms with Crippen LogP contribution in [-0.2, 0) is 24.0 Å². The number of nitrogens with zero attached hydrogens (tertiary/aromatic N) is 8. The summed E-state index contributed by atoms with van der Waals surface area (Å²) in [5.74, 6) is -17.9. The first kappa shape index (κ1) is 107. The van der Waals surface area contributed by atoms with Crippen LogP contribution in [0.25, 0.3) is 16.5 Å². The van der Waals surface area contributed by atoms with Gasteiger partial charge in [-0.3, -0.25) is 58.3 Å². The molecule has 2 atom stereocenters. The molecule has 1 aliphatic heterocycles. The number of carboxylic acid groups (broad SMARTS) is 11. The van der Waals surface area contributed by atoms with Gasteiger partial charge < -0.3 is 123 Å². The number of aromatic nitrogens is 9. The Morgan fingerprint density at radius 3 is 1.33 bits per heavy atom. The normalized spacial score (nSPS) is 15.5. The van der Waals surface area contributed by atoms with E-state index in [0.29, 0.717) is 56.7 Å². The third-order valence-electron chi connectivity index (χ3n) is 18.3. The van der Waals surface area contributed by atoms with Crippen LogP contribution in [0.3, 0.4) is 0 Å². The molecule has 47 heteroatoms. The molecule has 0 radical (unpaired) electrons. The number of fused-ring (bicyclic) bond motifs is 1. The van der Waals surface area contributed by atoms with E-state index in [1.54, 1.807) is 24.3 Å². The number of carbonyl (C=O) groups excluding carboxylic acids is 19. The van der Waals surface area contributed by atoms with E-state index < -0.39 is 99.8 Å². The monoisotopic (exact) mass is 1850 g/mol. The number of hydrogen-bond donors (Lipinski definition) is 3. The largest absolute Gasteiger partial charge is 0.875 e. The number of allylic oxidation sites excluding steroid dienone is 5. The van der Waals surface area contributed by atoms with Gasteiger partial charge in [-0.2, -0.15) is 5.10 Å². The molecule has 694 valence electrons. The van der Waals surface area contributed by atoms with E-state index in [-0.39, 0.29) is 137 Å². The Morgan fingerprint density at radius 1 is 0.424 bits per heavy atom. The van der Waals surface area contributed by atoms with Crippen LogP contribution in [0.2, 0.25) is 0 Å². The van der Waals surface area contributed by atoms with Crippen molar-refractivity contribution in [2.45, 2.75) is 114 Å². The lowest BCUT2D eigenvalue weighted by molar-refractivity contribution is -0.351. The molecule has 5 aliphatic carbocycles. The number of nitrogens with one attached hydrogen (secondary N) is 2. The molecule has 3 aromatic carbocycles. The molecule has 6 aliphatic rings. The summed E-state index contributed by atoms with van der Waals surface area (Å²) in [6.45, 7) is 18.7. The van der Waals surface area contributed by atoms with Gasteiger partial charge in [0.05, 0.1) is 56.6 Å². The summed E-state index contributed by atoms with van der Waals surface area (Å²) < 4.78 is 8.97. The molecule has 132 heavy (non-hydrogen) atoms. The fourth-order valence-corrected chi connectivity index (χ4v) is 13.5. The van der Waals surface area contributed by atoms with Crippen molar-refractivity contribution in [1.29, 1.82) is 0 Å². The molecule has 15 rings (SSSR count). The van der Waals surface area contributed by atoms with Gasteiger partial charge in [0, 0.05) is 76.2 Å². The first-order valence-corrected chi connectivity index (χ1v) is 39.0. The summed E-state index contributed by atoms with van der Waals surface area (Å²) in [6.07, 6.45) is 9.26. The van der Waals surface area contributed by atoms with E-state index in [2.05, 4.69) is 67.7 Å². The minimum absolute atomic E-state index is 0.0317. The third-order valence-corrected chi connectivity index (χ3v) is 20.4. The van der Waals surface area contributed by atoms with Crippen molar-refractivity contribution in [3.05, 3.63) is 233 Å². The minimum Gasteiger partial charge on any atom is -0.875 e. The number of H-pyrrole nitrogens is 2. The summed E-state index contributed by atoms with van der Waals surface area (Å²) in [4.78, 5) is 217. The van der Waals surface area contributed by atoms with Crippen LogP contribution in [0.15, 0.2) is 159 Å². The molecule has 45 nitrogen and oxygen atoms in total. The van der Waals surface area contributed by atoms with Crippen molar-refractivity contribution in [1.82, 2.24) is 45.8 Å². The number of rotatable bonds is 22. The average Bonchev–Trinajstić information content (AvgIpc) is 0.737. The number of hydrogen-bond acceptors (Lipinski definition) is 44. The molecular formula is C85H70N10O35S2-12. The zero-order valence-electron chi connectivity index (χ0n) is 70.3. The average molecular weight is 1860 g/mol. The highest BCUT2D eigenvalue weighted by molar-refractivity contribution is 7.16. The van der Waals surface area contributed by atoms with E-state index in [1.165, 1.54) is 141 Å². The molecule has 3 N–H and O–H groups in total. The van der Waals surface area contributed by atoms with E-state index >= 15 is 0 Å². The van der Waals surface area contributed by atoms with Gasteiger partial charge in [-0.1, -0.05) is 59.9 Å². The lowest BCUT2D eigenvalue weighted by Gasteiger charge is -2.64. The van der Waals surface area contributed by atoms with Crippen LogP contribution >= 0.6 is 22.7 Å². The quantitative estimate of drug-likeness (QED) is 0.0433. The number of thiophene rings is 1. The second kappa shape index (κ2) is 48.7. The standard InChI is InChI=1S/C13H18O3.C13H10O3.C9H8O3.C8H8O3.C7H7NO3.C7H6O4.C7H6O3S.C6H6N2O3.C5H5N3O3.C5H4N2O4.C5H4N2O3S/c1-8(14)12-3-9-2-10(4-12)6-13(5-9,7-12)11(15)16;1-8(14)10-4-2-9-3-5-11(13(15)16)7-12(9)6-10;1-6(10)7-3-2-4-8(5-7)9(11)12;1-5(9)6-2-3-7(4-6)8(10)11;1-4(9)5-2-6(7(10)11)8-3-5;2*1-4(8)5-2-3-6(11-5)7(9)10;1-3(9)4-2-5(6(10)11)8-7-4;1-2(9)3-6-4(5(10)11)8-7-3;2*1-2(8)3-6-7-4(11-3)5(9)10/h9-10,14H,1-7H2,(H,15,16);2-7H,1H3,(H,15,16);2-5,10H,1H2,(H,11,12);2-3H,4H2,1H3,(H,10,11);3H,2H2,1H3,(H,10,11);2*2-3H,1H3,(H,9,10);2H,1H3,(H,7,8)(H,10,11);1H3,(H,10,11)(H,6,7,8);2*1H3,(H,9,10)/p-12. The zero-order chi connectivity index (χ0) is 99.8. The number of benzene rings is 3. The maximum atomic E-state index is 11.7. The Labute approximate surface area is 750 Å². The summed E-state index contributed by atoms with van der Waals surface area (Å²) in [5.41, 5.74) is 0.940. The number of carboxylic acids is 11. The Bertz CT molecular complexity index is 5300. The summed E-state index contributed by atoms with van der Waals surface area (Å²) in [6, 6.07) is 22.2. The van der Waals surface area contributed by atoms with E-state index in [4.69, 9.17) is 5.11 Å². The fourth-order valence-electron chi connectivity index (χ4n) is 12.2. The van der Waals surface area contributed by atoms with Gasteiger partial charge in [-0.05, 0) is 171 Å². The third kappa shape index (κ3) is 32.5. The first-order valence-electron chi connectivity index (χ1n) is 37.3. The van der Waals surface area contributed by atoms with Gasteiger partial charge in [0.25, 0.3) is 11.8 Å². The highest BCUT2D eigenvalue weighted by atomic mass is 32.1. The van der Waals surface area contributed by atoms with E-state index in [0.717, 1.165) is 60.3 Å². The molecule has 4 fully saturated rings. The molecule has 7 heterocycles. The Kier molecular flexibility index (Phi) is 39.7. The highest BCUT2D eigenvalue weighted by Crippen LogP contribution is 2.66. The van der Waals surface area contributed by atoms with Crippen LogP contribution < -0.4 is 61.3 Å². The lowest BCUT2D eigenvalue weighted by atomic mass is 9.44. The fraction of sp³-hybridized carbons (Fsp3) is 0.247. The van der Waals surface area contributed by atoms with Crippen molar-refractivity contribution in [2.24, 2.45) is 27.7 Å². The number of Topliss-reactive ketones (excluding diaryl/α,β-unsaturated/α-hetero) is 9. The second-order valence-corrected chi connectivity index (χ2v) is 30.3. The van der Waals surface area contributed by atoms with Crippen molar-refractivity contribution in [3.63, 3.8) is 0 Å². The summed E-state index contributed by atoms with van der Waals surface area (Å²) in [7, 11) is 0. The van der Waals surface area contributed by atoms with Crippen LogP contribution in [0.4, 0.5) is 0 Å². The maximum Gasteiger partial charge on any atom is 0.335 e. The molecule has 9 aromatic rings. The number of carbonyl (C=O) groups is 20. The molecule has 0 amide bonds. The Hall–Kier alpha value is -16.9. The Balaban J connectivity index is 0.000000305. The number of aliphatic imine (C=N–C) groups is 1. The highest BCUT2D eigenvalue weighted by Gasteiger charge is 2.57. The smallest absolute Gasteiger partial charge is 0.335 e. The van der Waals surface area contributed by atoms with Gasteiger partial charge in [0.1, 0.15) is 35.3 Å². The van der Waals surface area contributed by atoms with Gasteiger partial charge >= 0.3 is 5.97 Å². The van der Waals surface area contributed by atoms with Gasteiger partial charge in [-0.25, -0.2) is 9.78 Å². The number of aromatic carboxylic acids is 8. The number of ketones is 9. The molecule has 0 spiro atoms. The number of aliphatic carboxylic acids is 3. The van der Waals surface area contributed by atoms with E-state index in [9.17, 15) is 157 Å². The summed E-state index contributed by atoms with van der Waals surface area (Å²) >= 11 is 1.65. The van der Waals surface area contributed by atoms with Crippen LogP contribution in [0.5, 0.6) is 0 Å². The SMILES string of the molecule is C=C([O-])C12CC3CC(C1)CC(C(=O)[O-])(C3)C2.C=C([O-])c1cccc(C(=O)O)c1.CC(=O)C1=CC=C(C(=O)[O-])C1.CC(=O)C1=CN=C(C(=O)[O-])C1.CC(=O)c1cc(C(=O)[O-])[nH]n1.CC(=O)c1ccc(C(=O)[O-])o1.CC(=O)c1ccc(C(=O)[O-])s1.CC(=O)c1ccc2ccc(C(=O)[O-])cc2c1.CC(=O)c1n[nH]c(C(=O)[O-])n1.CC(=O)c1nnc(C(=O)[O-])o1.CC(=O)c1nnc(C(=O)[O-])s1. The van der Waals surface area contributed by atoms with Gasteiger partial charge in [-0.15, -0.1) is 61.5 Å². The van der Waals surface area contributed by atoms with Crippen LogP contribution in [0, 0.1) is 22.7 Å². The van der Waals surface area contributed by atoms with Gasteiger partial charge in [0.2, 0.25) is 11.6 Å². The lowest BCUT2D eigenvalue weighted by Crippen LogP contribution is -2.59. The van der Waals surface area contributed by atoms with Crippen molar-refractivity contribution >= 4 is 163 Å². The molecule has 2 unspecified atom stereocenters. The zero-order valence-corrected chi connectivity index (χ0v) is 72.0. The maximum absolute atomic E-state index is 11.7. The molecule has 0 saturated heterocycles. The van der Waals surface area contributed by atoms with E-state index in [1.807, 2.05) is 5.10 Å².